The standard InChI is InChI=1S/C21H27NO2/c1-5-6-7-18-9-11-19(12-10-18)22-21(23)17(4)24-20-13-8-15(2)16(3)14-20/h8-14,17H,5-7H2,1-4H3,(H,22,23)/t17-/m1/s1. The zero-order valence-corrected chi connectivity index (χ0v) is 15.1. The second-order valence-corrected chi connectivity index (χ2v) is 6.30. The molecule has 0 unspecified atom stereocenters. The lowest BCUT2D eigenvalue weighted by atomic mass is 10.1. The normalized spacial score (nSPS) is 11.8. The van der Waals surface area contributed by atoms with Crippen LogP contribution in [0.2, 0.25) is 0 Å². The molecule has 0 aromatic heterocycles. The fourth-order valence-corrected chi connectivity index (χ4v) is 2.42. The summed E-state index contributed by atoms with van der Waals surface area (Å²) in [7, 11) is 0. The molecule has 0 saturated carbocycles. The van der Waals surface area contributed by atoms with Crippen LogP contribution < -0.4 is 10.1 Å². The third kappa shape index (κ3) is 5.12. The molecular weight excluding hydrogens is 298 g/mol. The Balaban J connectivity index is 1.92. The van der Waals surface area contributed by atoms with Gasteiger partial charge < -0.3 is 10.1 Å². The Hall–Kier alpha value is -2.29. The van der Waals surface area contributed by atoms with Gasteiger partial charge in [0.25, 0.3) is 5.91 Å². The molecule has 2 aromatic carbocycles. The number of hydrogen-bond donors (Lipinski definition) is 1. The van der Waals surface area contributed by atoms with Crippen molar-refractivity contribution in [3.05, 3.63) is 59.2 Å². The van der Waals surface area contributed by atoms with Crippen molar-refractivity contribution in [2.24, 2.45) is 0 Å². The Labute approximate surface area is 145 Å². The number of aryl methyl sites for hydroxylation is 3. The van der Waals surface area contributed by atoms with Gasteiger partial charge in [-0.1, -0.05) is 31.5 Å². The van der Waals surface area contributed by atoms with Crippen LogP contribution in [0.4, 0.5) is 5.69 Å². The summed E-state index contributed by atoms with van der Waals surface area (Å²) in [6.45, 7) is 8.04. The molecule has 0 bridgehead atoms. The van der Waals surface area contributed by atoms with E-state index in [4.69, 9.17) is 4.74 Å². The number of ether oxygens (including phenoxy) is 1. The van der Waals surface area contributed by atoms with Gasteiger partial charge in [-0.15, -0.1) is 0 Å². The quantitative estimate of drug-likeness (QED) is 0.773. The highest BCUT2D eigenvalue weighted by atomic mass is 16.5. The Bertz CT molecular complexity index is 677. The molecule has 1 N–H and O–H groups in total. The van der Waals surface area contributed by atoms with E-state index in [-0.39, 0.29) is 5.91 Å². The van der Waals surface area contributed by atoms with E-state index >= 15 is 0 Å². The molecule has 2 aromatic rings. The van der Waals surface area contributed by atoms with E-state index in [1.54, 1.807) is 6.92 Å². The van der Waals surface area contributed by atoms with Gasteiger partial charge in [0.05, 0.1) is 0 Å². The Morgan fingerprint density at radius 3 is 2.42 bits per heavy atom. The summed E-state index contributed by atoms with van der Waals surface area (Å²) < 4.78 is 5.75. The number of anilines is 1. The Morgan fingerprint density at radius 2 is 1.79 bits per heavy atom. The third-order valence-electron chi connectivity index (χ3n) is 4.20. The van der Waals surface area contributed by atoms with E-state index in [2.05, 4.69) is 31.3 Å². The van der Waals surface area contributed by atoms with Gasteiger partial charge in [-0.25, -0.2) is 0 Å². The highest BCUT2D eigenvalue weighted by molar-refractivity contribution is 5.94. The molecule has 0 aliphatic rings. The summed E-state index contributed by atoms with van der Waals surface area (Å²) in [4.78, 5) is 12.3. The number of carbonyl (C=O) groups excluding carboxylic acids is 1. The van der Waals surface area contributed by atoms with Gasteiger partial charge >= 0.3 is 0 Å². The third-order valence-corrected chi connectivity index (χ3v) is 4.20. The van der Waals surface area contributed by atoms with Gasteiger partial charge in [-0.3, -0.25) is 4.79 Å². The van der Waals surface area contributed by atoms with Gasteiger partial charge in [-0.05, 0) is 74.6 Å². The largest absolute Gasteiger partial charge is 0.481 e. The first-order chi connectivity index (χ1) is 11.5. The van der Waals surface area contributed by atoms with Gasteiger partial charge in [-0.2, -0.15) is 0 Å². The first-order valence-electron chi connectivity index (χ1n) is 8.63. The second-order valence-electron chi connectivity index (χ2n) is 6.30. The monoisotopic (exact) mass is 325 g/mol. The van der Waals surface area contributed by atoms with E-state index in [1.165, 1.54) is 24.0 Å². The predicted octanol–water partition coefficient (Wildman–Crippen LogP) is 5.05. The lowest BCUT2D eigenvalue weighted by Crippen LogP contribution is -2.30. The molecule has 1 amide bonds. The van der Waals surface area contributed by atoms with Gasteiger partial charge in [0.15, 0.2) is 6.10 Å². The van der Waals surface area contributed by atoms with Crippen molar-refractivity contribution in [2.75, 3.05) is 5.32 Å². The highest BCUT2D eigenvalue weighted by Crippen LogP contribution is 2.18. The van der Waals surface area contributed by atoms with E-state index in [1.807, 2.05) is 37.3 Å². The molecule has 3 nitrogen and oxygen atoms in total. The van der Waals surface area contributed by atoms with E-state index in [9.17, 15) is 4.79 Å². The summed E-state index contributed by atoms with van der Waals surface area (Å²) in [6.07, 6.45) is 2.90. The average Bonchev–Trinajstić information content (AvgIpc) is 2.57. The minimum absolute atomic E-state index is 0.144. The molecule has 0 spiro atoms. The van der Waals surface area contributed by atoms with Crippen LogP contribution in [0.3, 0.4) is 0 Å². The minimum atomic E-state index is -0.549. The smallest absolute Gasteiger partial charge is 0.265 e. The maximum absolute atomic E-state index is 12.3. The summed E-state index contributed by atoms with van der Waals surface area (Å²) in [5.74, 6) is 0.574. The molecule has 0 saturated heterocycles. The minimum Gasteiger partial charge on any atom is -0.481 e. The molecule has 1 atom stereocenters. The lowest BCUT2D eigenvalue weighted by Gasteiger charge is -2.16. The first-order valence-corrected chi connectivity index (χ1v) is 8.63. The van der Waals surface area contributed by atoms with Crippen LogP contribution in [0.25, 0.3) is 0 Å². The van der Waals surface area contributed by atoms with Crippen molar-refractivity contribution in [1.29, 1.82) is 0 Å². The molecular formula is C21H27NO2. The number of hydrogen-bond acceptors (Lipinski definition) is 2. The molecule has 0 aliphatic carbocycles. The molecule has 0 aliphatic heterocycles. The average molecular weight is 325 g/mol. The van der Waals surface area contributed by atoms with Crippen LogP contribution in [-0.2, 0) is 11.2 Å². The number of amides is 1. The van der Waals surface area contributed by atoms with Crippen molar-refractivity contribution in [3.63, 3.8) is 0 Å². The Morgan fingerprint density at radius 1 is 1.08 bits per heavy atom. The molecule has 0 radical (unpaired) electrons. The topological polar surface area (TPSA) is 38.3 Å². The zero-order valence-electron chi connectivity index (χ0n) is 15.1. The van der Waals surface area contributed by atoms with Crippen LogP contribution in [0.1, 0.15) is 43.4 Å². The predicted molar refractivity (Wildman–Crippen MR) is 99.7 cm³/mol. The number of rotatable bonds is 7. The summed E-state index contributed by atoms with van der Waals surface area (Å²) in [5, 5.41) is 2.91. The summed E-state index contributed by atoms with van der Waals surface area (Å²) >= 11 is 0. The molecule has 3 heteroatoms. The fraction of sp³-hybridized carbons (Fsp3) is 0.381. The van der Waals surface area contributed by atoms with Gasteiger partial charge in [0.1, 0.15) is 5.75 Å². The molecule has 24 heavy (non-hydrogen) atoms. The van der Waals surface area contributed by atoms with Gasteiger partial charge in [0, 0.05) is 5.69 Å². The summed E-state index contributed by atoms with van der Waals surface area (Å²) in [5.41, 5.74) is 4.47. The van der Waals surface area contributed by atoms with Crippen molar-refractivity contribution in [3.8, 4) is 5.75 Å². The van der Waals surface area contributed by atoms with Crippen LogP contribution in [0.5, 0.6) is 5.75 Å². The van der Waals surface area contributed by atoms with E-state index in [0.29, 0.717) is 0 Å². The van der Waals surface area contributed by atoms with Crippen LogP contribution >= 0.6 is 0 Å². The van der Waals surface area contributed by atoms with E-state index < -0.39 is 6.10 Å². The van der Waals surface area contributed by atoms with Gasteiger partial charge in [0.2, 0.25) is 0 Å². The molecule has 128 valence electrons. The summed E-state index contributed by atoms with van der Waals surface area (Å²) in [6, 6.07) is 13.9. The van der Waals surface area contributed by atoms with Crippen LogP contribution in [0.15, 0.2) is 42.5 Å². The SMILES string of the molecule is CCCCc1ccc(NC(=O)[C@@H](C)Oc2ccc(C)c(C)c2)cc1. The first kappa shape index (κ1) is 18.1. The maximum atomic E-state index is 12.3. The molecule has 0 fully saturated rings. The zero-order chi connectivity index (χ0) is 17.5. The molecule has 0 heterocycles. The second kappa shape index (κ2) is 8.53. The highest BCUT2D eigenvalue weighted by Gasteiger charge is 2.15. The van der Waals surface area contributed by atoms with Crippen molar-refractivity contribution >= 4 is 11.6 Å². The van der Waals surface area contributed by atoms with Crippen LogP contribution in [0, 0.1) is 13.8 Å². The van der Waals surface area contributed by atoms with E-state index in [0.717, 1.165) is 23.4 Å². The Kier molecular flexibility index (Phi) is 6.42. The van der Waals surface area contributed by atoms with Crippen LogP contribution in [-0.4, -0.2) is 12.0 Å². The lowest BCUT2D eigenvalue weighted by molar-refractivity contribution is -0.122. The van der Waals surface area contributed by atoms with Crippen molar-refractivity contribution in [1.82, 2.24) is 0 Å². The number of nitrogens with one attached hydrogen (secondary N) is 1. The molecule has 2 rings (SSSR count). The number of benzene rings is 2. The number of carbonyl (C=O) groups is 1. The fourth-order valence-electron chi connectivity index (χ4n) is 2.42. The van der Waals surface area contributed by atoms with Crippen molar-refractivity contribution in [2.45, 2.75) is 53.1 Å². The van der Waals surface area contributed by atoms with Crippen molar-refractivity contribution < 1.29 is 9.53 Å². The maximum Gasteiger partial charge on any atom is 0.265 e. The number of unbranched alkanes of at least 4 members (excludes halogenated alkanes) is 1.